The molecule has 2 aliphatic heterocycles. The van der Waals surface area contributed by atoms with E-state index in [9.17, 15) is 23.1 Å². The third-order valence-electron chi connectivity index (χ3n) is 8.54. The highest BCUT2D eigenvalue weighted by Gasteiger charge is 2.40. The van der Waals surface area contributed by atoms with Gasteiger partial charge in [0.1, 0.15) is 5.52 Å². The van der Waals surface area contributed by atoms with Crippen molar-refractivity contribution in [3.8, 4) is 0 Å². The second-order valence-corrected chi connectivity index (χ2v) is 10.9. The number of imidazole rings is 1. The van der Waals surface area contributed by atoms with Gasteiger partial charge in [0.25, 0.3) is 0 Å². The summed E-state index contributed by atoms with van der Waals surface area (Å²) in [5.74, 6) is -0.00151. The number of aromatic nitrogens is 4. The van der Waals surface area contributed by atoms with Crippen LogP contribution in [0.5, 0.6) is 0 Å². The van der Waals surface area contributed by atoms with Gasteiger partial charge in [-0.05, 0) is 75.5 Å². The van der Waals surface area contributed by atoms with E-state index in [2.05, 4.69) is 27.1 Å². The van der Waals surface area contributed by atoms with Gasteiger partial charge in [-0.2, -0.15) is 18.2 Å². The van der Waals surface area contributed by atoms with E-state index < -0.39 is 17.7 Å². The molecule has 2 N–H and O–H groups in total. The van der Waals surface area contributed by atoms with Crippen molar-refractivity contribution in [2.45, 2.75) is 89.1 Å². The Morgan fingerprint density at radius 1 is 1.03 bits per heavy atom. The number of hydrogen-bond donors (Lipinski definition) is 2. The fraction of sp³-hybridized carbons (Fsp3) is 0.556. The summed E-state index contributed by atoms with van der Waals surface area (Å²) in [6.45, 7) is 2.34. The Balaban J connectivity index is 1.49. The van der Waals surface area contributed by atoms with E-state index in [1.807, 2.05) is 4.57 Å². The number of halogens is 3. The van der Waals surface area contributed by atoms with Gasteiger partial charge in [0.15, 0.2) is 11.5 Å². The van der Waals surface area contributed by atoms with Gasteiger partial charge in [-0.25, -0.2) is 14.8 Å². The second-order valence-electron chi connectivity index (χ2n) is 10.9. The molecule has 3 aromatic rings. The van der Waals surface area contributed by atoms with Crippen LogP contribution in [-0.4, -0.2) is 48.7 Å². The van der Waals surface area contributed by atoms with Crippen molar-refractivity contribution in [2.24, 2.45) is 5.92 Å². The Bertz CT molecular complexity index is 1340. The monoisotopic (exact) mass is 528 g/mol. The number of alkyl halides is 3. The number of carboxylic acids is 1. The molecule has 6 rings (SSSR count). The molecular weight excluding hydrogens is 497 g/mol. The number of carbonyl (C=O) groups is 1. The Labute approximate surface area is 218 Å². The first-order chi connectivity index (χ1) is 18.2. The summed E-state index contributed by atoms with van der Waals surface area (Å²) in [7, 11) is 0. The van der Waals surface area contributed by atoms with Gasteiger partial charge in [0.2, 0.25) is 11.8 Å². The fourth-order valence-corrected chi connectivity index (χ4v) is 6.27. The maximum absolute atomic E-state index is 13.2. The molecule has 0 amide bonds. The molecule has 1 aromatic carbocycles. The molecule has 0 radical (unpaired) electrons. The van der Waals surface area contributed by atoms with Gasteiger partial charge in [-0.1, -0.05) is 18.6 Å². The predicted octanol–water partition coefficient (Wildman–Crippen LogP) is 5.71. The summed E-state index contributed by atoms with van der Waals surface area (Å²) in [4.78, 5) is 27.8. The zero-order valence-electron chi connectivity index (χ0n) is 21.2. The van der Waals surface area contributed by atoms with Crippen molar-refractivity contribution in [3.63, 3.8) is 0 Å². The molecule has 8 nitrogen and oxygen atoms in total. The van der Waals surface area contributed by atoms with E-state index in [1.54, 1.807) is 0 Å². The predicted molar refractivity (Wildman–Crippen MR) is 136 cm³/mol. The van der Waals surface area contributed by atoms with E-state index in [0.717, 1.165) is 57.1 Å². The smallest absolute Gasteiger partial charge is 0.416 e. The molecule has 4 heterocycles. The zero-order valence-corrected chi connectivity index (χ0v) is 21.2. The first-order valence-electron chi connectivity index (χ1n) is 13.4. The van der Waals surface area contributed by atoms with Crippen LogP contribution in [0.3, 0.4) is 0 Å². The number of nitrogens with zero attached hydrogens (tertiary/aromatic N) is 5. The van der Waals surface area contributed by atoms with E-state index >= 15 is 0 Å². The molecule has 38 heavy (non-hydrogen) atoms. The van der Waals surface area contributed by atoms with Crippen molar-refractivity contribution < 1.29 is 23.1 Å². The number of aromatic carboxylic acids is 1. The Kier molecular flexibility index (Phi) is 6.19. The van der Waals surface area contributed by atoms with Crippen molar-refractivity contribution in [2.75, 3.05) is 10.2 Å². The van der Waals surface area contributed by atoms with Crippen molar-refractivity contribution >= 4 is 28.9 Å². The van der Waals surface area contributed by atoms with Crippen LogP contribution in [-0.2, 0) is 12.7 Å². The molecule has 11 heteroatoms. The van der Waals surface area contributed by atoms with Crippen molar-refractivity contribution in [1.82, 2.24) is 19.5 Å². The number of carboxylic acid groups (broad SMARTS) is 1. The fourth-order valence-electron chi connectivity index (χ4n) is 6.27. The molecule has 2 aromatic heterocycles. The molecule has 202 valence electrons. The molecule has 0 spiro atoms. The number of piperidine rings is 1. The normalized spacial score (nSPS) is 22.5. The SMILES string of the molecule is C[C@@H](Nc1nc(C(=O)O)nc2nc(N3C4CCCC3CC4)n(Cc3ccc(C(F)(F)F)cc3)c12)C1CCC1. The second kappa shape index (κ2) is 9.43. The number of nitrogens with one attached hydrogen (secondary N) is 1. The summed E-state index contributed by atoms with van der Waals surface area (Å²) in [6, 6.07) is 5.89. The Hall–Kier alpha value is -3.37. The van der Waals surface area contributed by atoms with Gasteiger partial charge in [0.05, 0.1) is 12.1 Å². The molecule has 2 unspecified atom stereocenters. The van der Waals surface area contributed by atoms with Gasteiger partial charge in [-0.15, -0.1) is 0 Å². The molecule has 2 saturated heterocycles. The first-order valence-corrected chi connectivity index (χ1v) is 13.4. The largest absolute Gasteiger partial charge is 0.475 e. The highest BCUT2D eigenvalue weighted by molar-refractivity contribution is 5.92. The number of hydrogen-bond acceptors (Lipinski definition) is 6. The lowest BCUT2D eigenvalue weighted by Gasteiger charge is -2.36. The maximum atomic E-state index is 13.2. The van der Waals surface area contributed by atoms with Gasteiger partial charge in [-0.3, -0.25) is 0 Å². The number of rotatable bonds is 7. The molecule has 2 bridgehead atoms. The van der Waals surface area contributed by atoms with Gasteiger partial charge in [0, 0.05) is 18.1 Å². The third kappa shape index (κ3) is 4.45. The van der Waals surface area contributed by atoms with Crippen LogP contribution < -0.4 is 10.2 Å². The van der Waals surface area contributed by atoms with Crippen LogP contribution in [0.2, 0.25) is 0 Å². The highest BCUT2D eigenvalue weighted by atomic mass is 19.4. The zero-order chi connectivity index (χ0) is 26.6. The highest BCUT2D eigenvalue weighted by Crippen LogP contribution is 2.41. The molecule has 3 fully saturated rings. The summed E-state index contributed by atoms with van der Waals surface area (Å²) in [5.41, 5.74) is 0.856. The first kappa shape index (κ1) is 24.9. The molecular formula is C27H31F3N6O2. The number of anilines is 2. The number of fused-ring (bicyclic) bond motifs is 3. The van der Waals surface area contributed by atoms with Crippen molar-refractivity contribution in [1.29, 1.82) is 0 Å². The average molecular weight is 529 g/mol. The van der Waals surface area contributed by atoms with Gasteiger partial charge < -0.3 is 19.9 Å². The van der Waals surface area contributed by atoms with E-state index in [1.165, 1.54) is 18.6 Å². The Morgan fingerprint density at radius 3 is 2.26 bits per heavy atom. The van der Waals surface area contributed by atoms with E-state index in [0.29, 0.717) is 40.8 Å². The summed E-state index contributed by atoms with van der Waals surface area (Å²) in [5, 5.41) is 13.2. The van der Waals surface area contributed by atoms with Crippen LogP contribution in [0.1, 0.15) is 80.0 Å². The van der Waals surface area contributed by atoms with Crippen molar-refractivity contribution in [3.05, 3.63) is 41.2 Å². The van der Waals surface area contributed by atoms with E-state index in [4.69, 9.17) is 4.98 Å². The van der Waals surface area contributed by atoms with Crippen LogP contribution >= 0.6 is 0 Å². The third-order valence-corrected chi connectivity index (χ3v) is 8.54. The van der Waals surface area contributed by atoms with Crippen LogP contribution in [0.25, 0.3) is 11.2 Å². The van der Waals surface area contributed by atoms with Crippen LogP contribution in [0.15, 0.2) is 24.3 Å². The minimum absolute atomic E-state index is 0.0764. The number of benzene rings is 1. The average Bonchev–Trinajstić information content (AvgIpc) is 3.30. The minimum Gasteiger partial charge on any atom is -0.475 e. The lowest BCUT2D eigenvalue weighted by Crippen LogP contribution is -2.41. The summed E-state index contributed by atoms with van der Waals surface area (Å²) >= 11 is 0. The summed E-state index contributed by atoms with van der Waals surface area (Å²) in [6.07, 6.45) is 4.33. The van der Waals surface area contributed by atoms with Gasteiger partial charge >= 0.3 is 12.1 Å². The molecule has 3 aliphatic rings. The minimum atomic E-state index is -4.41. The quantitative estimate of drug-likeness (QED) is 0.405. The van der Waals surface area contributed by atoms with Crippen LogP contribution in [0, 0.1) is 5.92 Å². The molecule has 3 atom stereocenters. The summed E-state index contributed by atoms with van der Waals surface area (Å²) < 4.78 is 41.5. The maximum Gasteiger partial charge on any atom is 0.416 e. The Morgan fingerprint density at radius 2 is 1.68 bits per heavy atom. The van der Waals surface area contributed by atoms with Crippen LogP contribution in [0.4, 0.5) is 24.9 Å². The standard InChI is InChI=1S/C27H31F3N6O2/c1-15(17-4-2-5-17)31-22-21-23(33-24(32-22)25(37)38)34-26(36-19-6-3-7-20(36)13-12-19)35(21)14-16-8-10-18(11-9-16)27(28,29)30/h8-11,15,17,19-20H,2-7,12-14H2,1H3,(H,37,38)(H,31,32,33)/t15-,19?,20?/m1/s1. The van der Waals surface area contributed by atoms with E-state index in [-0.39, 0.29) is 24.1 Å². The molecule has 1 saturated carbocycles. The lowest BCUT2D eigenvalue weighted by atomic mass is 9.80. The lowest BCUT2D eigenvalue weighted by molar-refractivity contribution is -0.137. The topological polar surface area (TPSA) is 96.2 Å². The molecule has 1 aliphatic carbocycles.